The molecule has 1 aromatic carbocycles. The fourth-order valence-corrected chi connectivity index (χ4v) is 10.2. The number of aliphatic hydroxyl groups is 2. The van der Waals surface area contributed by atoms with Gasteiger partial charge in [-0.05, 0) is 112 Å². The molecule has 2 N–H and O–H groups in total. The molecular weight excluding hydrogens is 456 g/mol. The highest BCUT2D eigenvalue weighted by Gasteiger charge is 2.62. The van der Waals surface area contributed by atoms with Crippen LogP contribution in [-0.4, -0.2) is 33.4 Å². The first-order chi connectivity index (χ1) is 17.1. The Morgan fingerprint density at radius 3 is 1.28 bits per heavy atom. The highest BCUT2D eigenvalue weighted by atomic mass is 16.5. The first-order valence-corrected chi connectivity index (χ1v) is 14.0. The standard InChI is InChI=1S/C30H38O6/c31-25(27-7-21-5-22(8-27)12-29(33,11-21)17-27)35-15-19-1-2-20(4-3-19)16-36-26(32)28-9-23-6-24(10-28)14-30(34,13-23)18-28/h1-4,21-24,33-34H,5-18H2. The van der Waals surface area contributed by atoms with Crippen LogP contribution in [0.3, 0.4) is 0 Å². The van der Waals surface area contributed by atoms with Crippen LogP contribution < -0.4 is 0 Å². The molecule has 36 heavy (non-hydrogen) atoms. The third kappa shape index (κ3) is 3.82. The van der Waals surface area contributed by atoms with Gasteiger partial charge in [0, 0.05) is 0 Å². The third-order valence-corrected chi connectivity index (χ3v) is 10.7. The van der Waals surface area contributed by atoms with Crippen molar-refractivity contribution >= 4 is 11.9 Å². The van der Waals surface area contributed by atoms with Gasteiger partial charge in [0.05, 0.1) is 22.0 Å². The van der Waals surface area contributed by atoms with Crippen LogP contribution in [0.4, 0.5) is 0 Å². The monoisotopic (exact) mass is 494 g/mol. The van der Waals surface area contributed by atoms with Crippen LogP contribution in [0.25, 0.3) is 0 Å². The van der Waals surface area contributed by atoms with Gasteiger partial charge in [-0.2, -0.15) is 0 Å². The lowest BCUT2D eigenvalue weighted by atomic mass is 9.48. The molecule has 9 rings (SSSR count). The molecule has 0 aromatic heterocycles. The molecule has 4 unspecified atom stereocenters. The Morgan fingerprint density at radius 2 is 0.972 bits per heavy atom. The molecule has 194 valence electrons. The van der Waals surface area contributed by atoms with E-state index in [9.17, 15) is 19.8 Å². The highest BCUT2D eigenvalue weighted by molar-refractivity contribution is 5.78. The SMILES string of the molecule is O=C(OCc1ccc(COC(=O)C23CC4CC(CC(O)(C4)C2)C3)cc1)C12CC3CC(CC(O)(C3)C1)C2. The number of hydrogen-bond donors (Lipinski definition) is 2. The van der Waals surface area contributed by atoms with E-state index >= 15 is 0 Å². The predicted molar refractivity (Wildman–Crippen MR) is 130 cm³/mol. The van der Waals surface area contributed by atoms with E-state index in [-0.39, 0.29) is 25.2 Å². The molecule has 6 nitrogen and oxygen atoms in total. The summed E-state index contributed by atoms with van der Waals surface area (Å²) < 4.78 is 11.6. The summed E-state index contributed by atoms with van der Waals surface area (Å²) >= 11 is 0. The Kier molecular flexibility index (Phi) is 5.03. The Balaban J connectivity index is 0.939. The van der Waals surface area contributed by atoms with Gasteiger partial charge >= 0.3 is 11.9 Å². The smallest absolute Gasteiger partial charge is 0.312 e. The summed E-state index contributed by atoms with van der Waals surface area (Å²) in [6, 6.07) is 7.71. The molecule has 0 saturated heterocycles. The van der Waals surface area contributed by atoms with Crippen molar-refractivity contribution in [1.82, 2.24) is 0 Å². The first kappa shape index (κ1) is 23.2. The maximum Gasteiger partial charge on any atom is 0.312 e. The van der Waals surface area contributed by atoms with E-state index in [0.717, 1.165) is 75.3 Å². The summed E-state index contributed by atoms with van der Waals surface area (Å²) in [6.07, 6.45) is 10.2. The van der Waals surface area contributed by atoms with Gasteiger partial charge in [-0.3, -0.25) is 9.59 Å². The third-order valence-electron chi connectivity index (χ3n) is 10.7. The molecule has 0 aliphatic heterocycles. The van der Waals surface area contributed by atoms with Crippen molar-refractivity contribution in [2.24, 2.45) is 34.5 Å². The fourth-order valence-electron chi connectivity index (χ4n) is 10.2. The summed E-state index contributed by atoms with van der Waals surface area (Å²) in [7, 11) is 0. The fraction of sp³-hybridized carbons (Fsp3) is 0.733. The highest BCUT2D eigenvalue weighted by Crippen LogP contribution is 2.63. The van der Waals surface area contributed by atoms with Crippen molar-refractivity contribution < 1.29 is 29.3 Å². The lowest BCUT2D eigenvalue weighted by Crippen LogP contribution is -2.58. The zero-order chi connectivity index (χ0) is 24.8. The van der Waals surface area contributed by atoms with E-state index in [1.165, 1.54) is 0 Å². The minimum absolute atomic E-state index is 0.148. The first-order valence-electron chi connectivity index (χ1n) is 14.0. The summed E-state index contributed by atoms with van der Waals surface area (Å²) in [5.41, 5.74) is -0.531. The lowest BCUT2D eigenvalue weighted by molar-refractivity contribution is -0.197. The van der Waals surface area contributed by atoms with Gasteiger partial charge in [0.1, 0.15) is 13.2 Å². The van der Waals surface area contributed by atoms with Crippen LogP contribution in [0.5, 0.6) is 0 Å². The van der Waals surface area contributed by atoms with Gasteiger partial charge < -0.3 is 19.7 Å². The molecule has 1 aromatic rings. The molecule has 0 amide bonds. The quantitative estimate of drug-likeness (QED) is 0.568. The van der Waals surface area contributed by atoms with E-state index in [2.05, 4.69) is 0 Å². The largest absolute Gasteiger partial charge is 0.460 e. The normalized spacial score (nSPS) is 45.6. The van der Waals surface area contributed by atoms with E-state index in [1.807, 2.05) is 24.3 Å². The molecule has 8 aliphatic rings. The van der Waals surface area contributed by atoms with Crippen LogP contribution in [0.2, 0.25) is 0 Å². The van der Waals surface area contributed by atoms with Gasteiger partial charge in [-0.1, -0.05) is 24.3 Å². The zero-order valence-electron chi connectivity index (χ0n) is 21.0. The second kappa shape index (κ2) is 7.80. The summed E-state index contributed by atoms with van der Waals surface area (Å²) in [5.74, 6) is 1.51. The second-order valence-electron chi connectivity index (χ2n) is 13.9. The van der Waals surface area contributed by atoms with Crippen LogP contribution in [0, 0.1) is 34.5 Å². The van der Waals surface area contributed by atoms with E-state index in [1.54, 1.807) is 0 Å². The number of ether oxygens (including phenoxy) is 2. The molecule has 6 heteroatoms. The average molecular weight is 495 g/mol. The van der Waals surface area contributed by atoms with Gasteiger partial charge in [-0.15, -0.1) is 0 Å². The van der Waals surface area contributed by atoms with E-state index < -0.39 is 22.0 Å². The summed E-state index contributed by atoms with van der Waals surface area (Å²) in [4.78, 5) is 26.3. The summed E-state index contributed by atoms with van der Waals surface area (Å²) in [5, 5.41) is 21.8. The van der Waals surface area contributed by atoms with Crippen molar-refractivity contribution in [2.75, 3.05) is 0 Å². The molecular formula is C30H38O6. The Morgan fingerprint density at radius 1 is 0.639 bits per heavy atom. The number of benzene rings is 1. The number of carbonyl (C=O) groups excluding carboxylic acids is 2. The minimum Gasteiger partial charge on any atom is -0.460 e. The minimum atomic E-state index is -0.671. The predicted octanol–water partition coefficient (Wildman–Crippen LogP) is 4.44. The maximum atomic E-state index is 13.1. The number of hydrogen-bond acceptors (Lipinski definition) is 6. The Hall–Kier alpha value is -1.92. The van der Waals surface area contributed by atoms with Gasteiger partial charge in [0.25, 0.3) is 0 Å². The van der Waals surface area contributed by atoms with Crippen LogP contribution in [-0.2, 0) is 32.3 Å². The maximum absolute atomic E-state index is 13.1. The topological polar surface area (TPSA) is 93.1 Å². The van der Waals surface area contributed by atoms with Gasteiger partial charge in [0.2, 0.25) is 0 Å². The van der Waals surface area contributed by atoms with Crippen molar-refractivity contribution in [3.8, 4) is 0 Å². The average Bonchev–Trinajstić information content (AvgIpc) is 2.78. The number of carbonyl (C=O) groups is 2. The molecule has 8 fully saturated rings. The van der Waals surface area contributed by atoms with Crippen LogP contribution in [0.1, 0.15) is 88.2 Å². The summed E-state index contributed by atoms with van der Waals surface area (Å²) in [6.45, 7) is 0.442. The van der Waals surface area contributed by atoms with Crippen molar-refractivity contribution in [3.63, 3.8) is 0 Å². The van der Waals surface area contributed by atoms with Gasteiger partial charge in [0.15, 0.2) is 0 Å². The van der Waals surface area contributed by atoms with E-state index in [4.69, 9.17) is 9.47 Å². The molecule has 0 radical (unpaired) electrons. The molecule has 0 heterocycles. The Bertz CT molecular complexity index is 962. The molecule has 0 spiro atoms. The van der Waals surface area contributed by atoms with Crippen molar-refractivity contribution in [1.29, 1.82) is 0 Å². The molecule has 8 aliphatic carbocycles. The van der Waals surface area contributed by atoms with Crippen LogP contribution >= 0.6 is 0 Å². The van der Waals surface area contributed by atoms with E-state index in [0.29, 0.717) is 36.5 Å². The second-order valence-corrected chi connectivity index (χ2v) is 13.9. The molecule has 8 saturated carbocycles. The lowest BCUT2D eigenvalue weighted by Gasteiger charge is -2.58. The molecule has 8 bridgehead atoms. The number of esters is 2. The zero-order valence-corrected chi connectivity index (χ0v) is 21.0. The Labute approximate surface area is 212 Å². The van der Waals surface area contributed by atoms with Gasteiger partial charge in [-0.25, -0.2) is 0 Å². The van der Waals surface area contributed by atoms with Crippen molar-refractivity contribution in [2.45, 2.75) is 101 Å². The number of rotatable bonds is 6. The van der Waals surface area contributed by atoms with Crippen molar-refractivity contribution in [3.05, 3.63) is 35.4 Å². The molecule has 4 atom stereocenters. The van der Waals surface area contributed by atoms with Crippen LogP contribution in [0.15, 0.2) is 24.3 Å².